The fourth-order valence-electron chi connectivity index (χ4n) is 2.44. The Morgan fingerprint density at radius 3 is 2.89 bits per heavy atom. The van der Waals surface area contributed by atoms with Crippen LogP contribution in [0.15, 0.2) is 41.0 Å². The van der Waals surface area contributed by atoms with Gasteiger partial charge in [-0.1, -0.05) is 6.07 Å². The summed E-state index contributed by atoms with van der Waals surface area (Å²) in [4.78, 5) is 4.61. The average molecular weight is 275 g/mol. The Labute approximate surface area is 116 Å². The van der Waals surface area contributed by atoms with Crippen molar-refractivity contribution in [3.8, 4) is 0 Å². The van der Waals surface area contributed by atoms with Gasteiger partial charge in [0.25, 0.3) is 0 Å². The quantitative estimate of drug-likeness (QED) is 0.667. The Morgan fingerprint density at radius 2 is 2.21 bits per heavy atom. The zero-order chi connectivity index (χ0) is 13.4. The van der Waals surface area contributed by atoms with Crippen LogP contribution in [0.5, 0.6) is 0 Å². The van der Waals surface area contributed by atoms with Gasteiger partial charge in [0, 0.05) is 0 Å². The van der Waals surface area contributed by atoms with Gasteiger partial charge in [-0.25, -0.2) is 4.98 Å². The molecule has 3 aromatic rings. The van der Waals surface area contributed by atoms with Gasteiger partial charge in [-0.15, -0.1) is 11.6 Å². The number of aromatic nitrogens is 2. The van der Waals surface area contributed by atoms with Crippen molar-refractivity contribution in [2.24, 2.45) is 0 Å². The van der Waals surface area contributed by atoms with Gasteiger partial charge in [-0.3, -0.25) is 0 Å². The Kier molecular flexibility index (Phi) is 3.07. The Bertz CT molecular complexity index is 700. The summed E-state index contributed by atoms with van der Waals surface area (Å²) in [6, 6.07) is 10.2. The van der Waals surface area contributed by atoms with Crippen molar-refractivity contribution < 1.29 is 4.42 Å². The molecule has 0 spiro atoms. The zero-order valence-corrected chi connectivity index (χ0v) is 11.7. The van der Waals surface area contributed by atoms with Crippen LogP contribution in [-0.2, 0) is 5.88 Å². The van der Waals surface area contributed by atoms with E-state index in [9.17, 15) is 0 Å². The molecule has 3 nitrogen and oxygen atoms in total. The molecule has 2 heterocycles. The molecule has 0 amide bonds. The lowest BCUT2D eigenvalue weighted by atomic mass is 10.2. The first-order valence-corrected chi connectivity index (χ1v) is 6.81. The molecule has 1 aromatic carbocycles. The number of nitrogens with zero attached hydrogens (tertiary/aromatic N) is 2. The van der Waals surface area contributed by atoms with Crippen LogP contribution >= 0.6 is 11.6 Å². The molecule has 1 atom stereocenters. The van der Waals surface area contributed by atoms with Crippen LogP contribution in [-0.4, -0.2) is 9.55 Å². The molecular weight excluding hydrogens is 260 g/mol. The van der Waals surface area contributed by atoms with Gasteiger partial charge < -0.3 is 8.98 Å². The van der Waals surface area contributed by atoms with Crippen LogP contribution < -0.4 is 0 Å². The highest BCUT2D eigenvalue weighted by atomic mass is 35.5. The van der Waals surface area contributed by atoms with Crippen LogP contribution in [0.1, 0.15) is 30.1 Å². The largest absolute Gasteiger partial charge is 0.467 e. The van der Waals surface area contributed by atoms with Gasteiger partial charge in [-0.05, 0) is 43.7 Å². The number of aryl methyl sites for hydroxylation is 1. The third-order valence-corrected chi connectivity index (χ3v) is 3.62. The lowest BCUT2D eigenvalue weighted by Crippen LogP contribution is -2.09. The summed E-state index contributed by atoms with van der Waals surface area (Å²) in [5.41, 5.74) is 3.27. The van der Waals surface area contributed by atoms with E-state index in [0.717, 1.165) is 22.6 Å². The van der Waals surface area contributed by atoms with Crippen LogP contribution in [0, 0.1) is 6.92 Å². The van der Waals surface area contributed by atoms with Crippen LogP contribution in [0.4, 0.5) is 0 Å². The first kappa shape index (κ1) is 12.3. The minimum atomic E-state index is 0.0801. The number of hydrogen-bond donors (Lipinski definition) is 0. The summed E-state index contributed by atoms with van der Waals surface area (Å²) < 4.78 is 7.64. The van der Waals surface area contributed by atoms with Crippen molar-refractivity contribution in [2.75, 3.05) is 0 Å². The molecule has 98 valence electrons. The lowest BCUT2D eigenvalue weighted by Gasteiger charge is -2.14. The molecule has 0 radical (unpaired) electrons. The molecule has 1 unspecified atom stereocenters. The summed E-state index contributed by atoms with van der Waals surface area (Å²) in [6.07, 6.45) is 1.69. The van der Waals surface area contributed by atoms with E-state index in [2.05, 4.69) is 41.6 Å². The fraction of sp³-hybridized carbons (Fsp3) is 0.267. The van der Waals surface area contributed by atoms with Crippen molar-refractivity contribution in [3.63, 3.8) is 0 Å². The topological polar surface area (TPSA) is 31.0 Å². The number of imidazole rings is 1. The smallest absolute Gasteiger partial charge is 0.126 e. The second-order valence-electron chi connectivity index (χ2n) is 4.72. The van der Waals surface area contributed by atoms with Gasteiger partial charge in [-0.2, -0.15) is 0 Å². The second-order valence-corrected chi connectivity index (χ2v) is 4.98. The second kappa shape index (κ2) is 4.74. The summed E-state index contributed by atoms with van der Waals surface area (Å²) in [6.45, 7) is 4.16. The maximum atomic E-state index is 6.03. The molecule has 3 rings (SSSR count). The predicted molar refractivity (Wildman–Crippen MR) is 76.5 cm³/mol. The Morgan fingerprint density at radius 1 is 1.37 bits per heavy atom. The highest BCUT2D eigenvalue weighted by Gasteiger charge is 2.18. The normalized spacial score (nSPS) is 13.0. The lowest BCUT2D eigenvalue weighted by molar-refractivity contribution is 0.446. The predicted octanol–water partition coefficient (Wildman–Crippen LogP) is 4.29. The van der Waals surface area contributed by atoms with Crippen molar-refractivity contribution >= 4 is 22.6 Å². The summed E-state index contributed by atoms with van der Waals surface area (Å²) in [5, 5.41) is 0. The van der Waals surface area contributed by atoms with E-state index >= 15 is 0 Å². The summed E-state index contributed by atoms with van der Waals surface area (Å²) in [7, 11) is 0. The molecule has 0 aliphatic heterocycles. The van der Waals surface area contributed by atoms with Gasteiger partial charge in [0.15, 0.2) is 0 Å². The highest BCUT2D eigenvalue weighted by Crippen LogP contribution is 2.27. The van der Waals surface area contributed by atoms with Gasteiger partial charge in [0.2, 0.25) is 0 Å². The number of hydrogen-bond acceptors (Lipinski definition) is 2. The highest BCUT2D eigenvalue weighted by molar-refractivity contribution is 6.16. The summed E-state index contributed by atoms with van der Waals surface area (Å²) in [5.74, 6) is 2.16. The zero-order valence-electron chi connectivity index (χ0n) is 10.9. The maximum Gasteiger partial charge on any atom is 0.126 e. The van der Waals surface area contributed by atoms with Crippen LogP contribution in [0.3, 0.4) is 0 Å². The molecule has 0 aliphatic carbocycles. The Hall–Kier alpha value is -1.74. The number of halogens is 1. The minimum absolute atomic E-state index is 0.0801. The Balaban J connectivity index is 2.21. The van der Waals surface area contributed by atoms with E-state index in [4.69, 9.17) is 16.0 Å². The van der Waals surface area contributed by atoms with E-state index in [1.165, 1.54) is 5.56 Å². The van der Waals surface area contributed by atoms with E-state index in [-0.39, 0.29) is 6.04 Å². The molecule has 4 heteroatoms. The maximum absolute atomic E-state index is 6.03. The van der Waals surface area contributed by atoms with Crippen LogP contribution in [0.25, 0.3) is 11.0 Å². The van der Waals surface area contributed by atoms with E-state index in [0.29, 0.717) is 5.88 Å². The molecular formula is C15H15ClN2O. The standard InChI is InChI=1S/C15H15ClN2O/c1-10-5-6-13-12(8-10)17-15(9-16)18(13)11(2)14-4-3-7-19-14/h3-8,11H,9H2,1-2H3. The molecule has 2 aromatic heterocycles. The molecule has 0 bridgehead atoms. The fourth-order valence-corrected chi connectivity index (χ4v) is 2.63. The number of alkyl halides is 1. The van der Waals surface area contributed by atoms with Gasteiger partial charge in [0.1, 0.15) is 11.6 Å². The van der Waals surface area contributed by atoms with E-state index in [1.54, 1.807) is 6.26 Å². The minimum Gasteiger partial charge on any atom is -0.467 e. The third-order valence-electron chi connectivity index (χ3n) is 3.38. The SMILES string of the molecule is Cc1ccc2c(c1)nc(CCl)n2C(C)c1ccco1. The number of benzene rings is 1. The average Bonchev–Trinajstić information content (AvgIpc) is 3.04. The van der Waals surface area contributed by atoms with Crippen molar-refractivity contribution in [3.05, 3.63) is 53.7 Å². The molecule has 0 saturated carbocycles. The number of rotatable bonds is 3. The molecule has 0 N–H and O–H groups in total. The molecule has 19 heavy (non-hydrogen) atoms. The number of fused-ring (bicyclic) bond motifs is 1. The van der Waals surface area contributed by atoms with Gasteiger partial charge in [0.05, 0.1) is 29.2 Å². The van der Waals surface area contributed by atoms with Crippen molar-refractivity contribution in [1.29, 1.82) is 0 Å². The molecule has 0 aliphatic rings. The first-order chi connectivity index (χ1) is 9.20. The van der Waals surface area contributed by atoms with Gasteiger partial charge >= 0.3 is 0 Å². The molecule has 0 saturated heterocycles. The van der Waals surface area contributed by atoms with Crippen LogP contribution in [0.2, 0.25) is 0 Å². The van der Waals surface area contributed by atoms with Crippen molar-refractivity contribution in [2.45, 2.75) is 25.8 Å². The van der Waals surface area contributed by atoms with E-state index in [1.807, 2.05) is 12.1 Å². The van der Waals surface area contributed by atoms with E-state index < -0.39 is 0 Å². The molecule has 0 fully saturated rings. The monoisotopic (exact) mass is 274 g/mol. The van der Waals surface area contributed by atoms with Crippen molar-refractivity contribution in [1.82, 2.24) is 9.55 Å². The third kappa shape index (κ3) is 2.04. The summed E-state index contributed by atoms with van der Waals surface area (Å²) >= 11 is 6.03. The number of furan rings is 1. The first-order valence-electron chi connectivity index (χ1n) is 6.27.